The van der Waals surface area contributed by atoms with Gasteiger partial charge in [0.15, 0.2) is 18.7 Å². The summed E-state index contributed by atoms with van der Waals surface area (Å²) < 4.78 is 16.0. The van der Waals surface area contributed by atoms with E-state index in [1.165, 1.54) is 6.92 Å². The van der Waals surface area contributed by atoms with E-state index in [9.17, 15) is 39.9 Å². The number of hydrogen-bond acceptors (Lipinski definition) is 10. The summed E-state index contributed by atoms with van der Waals surface area (Å²) in [7, 11) is 0. The number of nitrogens with one attached hydrogen (secondary N) is 2. The zero-order valence-electron chi connectivity index (χ0n) is 16.0. The van der Waals surface area contributed by atoms with Crippen molar-refractivity contribution in [2.24, 2.45) is 0 Å². The lowest BCUT2D eigenvalue weighted by molar-refractivity contribution is -0.315. The standard InChI is InChI=1S/C16H26N2O11/c1-4-9(21)12(8(15(26)27-4)18-6(3)20)28-16-7(17-5(2)19)10(22)11(23)13(29-16)14(24)25/h4,7-13,15-16,21-23,26H,1-3H3,(H,17,19)(H,18,20)(H,24,25)/t4-,7+,8-,9-,10+,11+,12-,13-,15?,16-/m1/s1. The van der Waals surface area contributed by atoms with E-state index in [-0.39, 0.29) is 0 Å². The molecule has 0 radical (unpaired) electrons. The molecule has 166 valence electrons. The summed E-state index contributed by atoms with van der Waals surface area (Å²) >= 11 is 0. The lowest BCUT2D eigenvalue weighted by Gasteiger charge is -2.46. The van der Waals surface area contributed by atoms with Crippen LogP contribution in [-0.4, -0.2) is 105 Å². The van der Waals surface area contributed by atoms with Crippen LogP contribution in [0.2, 0.25) is 0 Å². The highest BCUT2D eigenvalue weighted by atomic mass is 16.7. The van der Waals surface area contributed by atoms with Gasteiger partial charge in [-0.05, 0) is 6.92 Å². The minimum absolute atomic E-state index is 0.574. The Morgan fingerprint density at radius 2 is 1.41 bits per heavy atom. The van der Waals surface area contributed by atoms with E-state index >= 15 is 0 Å². The Morgan fingerprint density at radius 3 is 1.93 bits per heavy atom. The Morgan fingerprint density at radius 1 is 0.862 bits per heavy atom. The summed E-state index contributed by atoms with van der Waals surface area (Å²) in [5, 5.41) is 54.7. The molecule has 0 spiro atoms. The van der Waals surface area contributed by atoms with E-state index in [2.05, 4.69) is 10.6 Å². The zero-order chi connectivity index (χ0) is 22.0. The van der Waals surface area contributed by atoms with Crippen molar-refractivity contribution in [1.29, 1.82) is 0 Å². The number of hydrogen-bond donors (Lipinski definition) is 7. The maximum absolute atomic E-state index is 11.5. The van der Waals surface area contributed by atoms with E-state index in [0.29, 0.717) is 0 Å². The van der Waals surface area contributed by atoms with Crippen LogP contribution >= 0.6 is 0 Å². The summed E-state index contributed by atoms with van der Waals surface area (Å²) in [5.74, 6) is -2.80. The first kappa shape index (κ1) is 23.4. The number of carboxylic acids is 1. The maximum atomic E-state index is 11.5. The van der Waals surface area contributed by atoms with Gasteiger partial charge in [0.2, 0.25) is 11.8 Å². The minimum atomic E-state index is -1.89. The lowest BCUT2D eigenvalue weighted by atomic mass is 9.94. The molecule has 7 N–H and O–H groups in total. The third-order valence-corrected chi connectivity index (χ3v) is 4.71. The van der Waals surface area contributed by atoms with Gasteiger partial charge >= 0.3 is 5.97 Å². The molecule has 29 heavy (non-hydrogen) atoms. The Labute approximate surface area is 165 Å². The normalized spacial score (nSPS) is 42.7. The van der Waals surface area contributed by atoms with Crippen LogP contribution in [0, 0.1) is 0 Å². The summed E-state index contributed by atoms with van der Waals surface area (Å²) in [5.41, 5.74) is 0. The van der Waals surface area contributed by atoms with Gasteiger partial charge in [-0.2, -0.15) is 0 Å². The molecule has 2 aliphatic heterocycles. The van der Waals surface area contributed by atoms with Gasteiger partial charge in [-0.15, -0.1) is 0 Å². The molecule has 2 heterocycles. The Kier molecular flexibility index (Phi) is 7.50. The fourth-order valence-corrected chi connectivity index (χ4v) is 3.31. The number of aliphatic hydroxyl groups excluding tert-OH is 4. The predicted molar refractivity (Wildman–Crippen MR) is 91.0 cm³/mol. The molecule has 10 atom stereocenters. The summed E-state index contributed by atoms with van der Waals surface area (Å²) in [6, 6.07) is -2.67. The molecular formula is C16H26N2O11. The van der Waals surface area contributed by atoms with Gasteiger partial charge in [-0.25, -0.2) is 4.79 Å². The van der Waals surface area contributed by atoms with Crippen LogP contribution < -0.4 is 10.6 Å². The van der Waals surface area contributed by atoms with Crippen LogP contribution in [0.25, 0.3) is 0 Å². The van der Waals surface area contributed by atoms with Crippen molar-refractivity contribution in [2.45, 2.75) is 82.1 Å². The number of rotatable bonds is 5. The van der Waals surface area contributed by atoms with Crippen molar-refractivity contribution in [3.63, 3.8) is 0 Å². The van der Waals surface area contributed by atoms with Gasteiger partial charge in [0.25, 0.3) is 0 Å². The van der Waals surface area contributed by atoms with Crippen molar-refractivity contribution in [1.82, 2.24) is 10.6 Å². The summed E-state index contributed by atoms with van der Waals surface area (Å²) in [6.07, 6.45) is -12.5. The minimum Gasteiger partial charge on any atom is -0.479 e. The monoisotopic (exact) mass is 422 g/mol. The average Bonchev–Trinajstić information content (AvgIpc) is 2.60. The molecular weight excluding hydrogens is 396 g/mol. The van der Waals surface area contributed by atoms with Gasteiger partial charge in [0.05, 0.1) is 6.10 Å². The molecule has 2 amide bonds. The van der Waals surface area contributed by atoms with Gasteiger partial charge in [-0.1, -0.05) is 0 Å². The molecule has 2 saturated heterocycles. The van der Waals surface area contributed by atoms with Gasteiger partial charge < -0.3 is 50.4 Å². The molecule has 2 fully saturated rings. The summed E-state index contributed by atoms with van der Waals surface area (Å²) in [4.78, 5) is 34.3. The quantitative estimate of drug-likeness (QED) is 0.227. The van der Waals surface area contributed by atoms with Crippen molar-refractivity contribution in [2.75, 3.05) is 0 Å². The zero-order valence-corrected chi connectivity index (χ0v) is 16.0. The van der Waals surface area contributed by atoms with E-state index in [1.54, 1.807) is 0 Å². The molecule has 0 aromatic rings. The second-order valence-electron chi connectivity index (χ2n) is 7.02. The van der Waals surface area contributed by atoms with Crippen LogP contribution in [0.1, 0.15) is 20.8 Å². The maximum Gasteiger partial charge on any atom is 0.335 e. The Hall–Kier alpha value is -1.87. The number of amides is 2. The highest BCUT2D eigenvalue weighted by molar-refractivity contribution is 5.75. The second kappa shape index (κ2) is 9.30. The SMILES string of the molecule is CC(=O)N[C@@H]1[C@H](O[C@H]2[C@H](O)[C@@H](C)OC(O)[C@@H]2NC(C)=O)O[C@@H](C(=O)O)[C@@H](O)[C@H]1O. The lowest BCUT2D eigenvalue weighted by Crippen LogP contribution is -2.69. The first-order valence-corrected chi connectivity index (χ1v) is 8.89. The third-order valence-electron chi connectivity index (χ3n) is 4.71. The van der Waals surface area contributed by atoms with Gasteiger partial charge in [0, 0.05) is 13.8 Å². The number of aliphatic hydroxyl groups is 4. The van der Waals surface area contributed by atoms with Crippen molar-refractivity contribution >= 4 is 17.8 Å². The number of carboxylic acid groups (broad SMARTS) is 1. The number of aliphatic carboxylic acids is 1. The first-order chi connectivity index (χ1) is 13.4. The van der Waals surface area contributed by atoms with E-state index in [4.69, 9.17) is 14.2 Å². The Balaban J connectivity index is 2.33. The summed E-state index contributed by atoms with van der Waals surface area (Å²) in [6.45, 7) is 3.71. The highest BCUT2D eigenvalue weighted by Crippen LogP contribution is 2.28. The molecule has 1 unspecified atom stereocenters. The molecule has 0 aromatic heterocycles. The molecule has 13 heteroatoms. The van der Waals surface area contributed by atoms with E-state index < -0.39 is 79.1 Å². The first-order valence-electron chi connectivity index (χ1n) is 8.89. The molecule has 2 rings (SSSR count). The van der Waals surface area contributed by atoms with Crippen LogP contribution in [0.3, 0.4) is 0 Å². The van der Waals surface area contributed by atoms with E-state index in [1.807, 2.05) is 0 Å². The van der Waals surface area contributed by atoms with Crippen LogP contribution in [0.5, 0.6) is 0 Å². The van der Waals surface area contributed by atoms with Crippen LogP contribution in [0.15, 0.2) is 0 Å². The Bertz CT molecular complexity index is 632. The largest absolute Gasteiger partial charge is 0.479 e. The number of carbonyl (C=O) groups excluding carboxylic acids is 2. The second-order valence-corrected chi connectivity index (χ2v) is 7.02. The molecule has 0 aliphatic carbocycles. The van der Waals surface area contributed by atoms with Crippen LogP contribution in [0.4, 0.5) is 0 Å². The smallest absolute Gasteiger partial charge is 0.335 e. The number of ether oxygens (including phenoxy) is 3. The van der Waals surface area contributed by atoms with Crippen molar-refractivity contribution in [3.8, 4) is 0 Å². The fraction of sp³-hybridized carbons (Fsp3) is 0.812. The number of carbonyl (C=O) groups is 3. The van der Waals surface area contributed by atoms with E-state index in [0.717, 1.165) is 13.8 Å². The molecule has 0 saturated carbocycles. The molecule has 0 aromatic carbocycles. The van der Waals surface area contributed by atoms with Gasteiger partial charge in [0.1, 0.15) is 36.5 Å². The topological polar surface area (TPSA) is 204 Å². The van der Waals surface area contributed by atoms with Crippen LogP contribution in [-0.2, 0) is 28.6 Å². The van der Waals surface area contributed by atoms with Crippen molar-refractivity contribution < 1.29 is 54.1 Å². The predicted octanol–water partition coefficient (Wildman–Crippen LogP) is -3.99. The highest BCUT2D eigenvalue weighted by Gasteiger charge is 2.52. The molecule has 13 nitrogen and oxygen atoms in total. The molecule has 0 bridgehead atoms. The third kappa shape index (κ3) is 5.19. The average molecular weight is 422 g/mol. The molecule has 2 aliphatic rings. The van der Waals surface area contributed by atoms with Gasteiger partial charge in [-0.3, -0.25) is 9.59 Å². The fourth-order valence-electron chi connectivity index (χ4n) is 3.31. The van der Waals surface area contributed by atoms with Crippen molar-refractivity contribution in [3.05, 3.63) is 0 Å².